The zero-order valence-corrected chi connectivity index (χ0v) is 30.7. The zero-order chi connectivity index (χ0) is 33.1. The van der Waals surface area contributed by atoms with Crippen molar-refractivity contribution >= 4 is 11.8 Å². The van der Waals surface area contributed by atoms with E-state index in [1.165, 1.54) is 141 Å². The van der Waals surface area contributed by atoms with E-state index in [0.29, 0.717) is 25.9 Å². The summed E-state index contributed by atoms with van der Waals surface area (Å²) in [5, 5.41) is 15.1. The van der Waals surface area contributed by atoms with Gasteiger partial charge in [-0.1, -0.05) is 168 Å². The van der Waals surface area contributed by atoms with Crippen molar-refractivity contribution in [1.82, 2.24) is 10.2 Å². The van der Waals surface area contributed by atoms with Gasteiger partial charge >= 0.3 is 5.91 Å². The van der Waals surface area contributed by atoms with E-state index in [2.05, 4.69) is 31.1 Å². The molecule has 0 aliphatic carbocycles. The predicted molar refractivity (Wildman–Crippen MR) is 195 cm³/mol. The monoisotopic (exact) mass is 638 g/mol. The molecular formula is C39H79N3O3. The van der Waals surface area contributed by atoms with Crippen LogP contribution in [0.1, 0.15) is 206 Å². The smallest absolute Gasteiger partial charge is 0.312 e. The molecule has 0 fully saturated rings. The van der Waals surface area contributed by atoms with E-state index in [4.69, 9.17) is 0 Å². The SMILES string of the molecule is CCCCCCCCCCCCCCCC(=O)NCCCN(C)CCC[NH+]([O-])C(=O)CCCCCCCCCCCCCCC. The van der Waals surface area contributed by atoms with Crippen molar-refractivity contribution in [2.45, 2.75) is 206 Å². The Kier molecular flexibility index (Phi) is 35.1. The van der Waals surface area contributed by atoms with Gasteiger partial charge in [-0.15, -0.1) is 0 Å². The molecule has 0 bridgehead atoms. The zero-order valence-electron chi connectivity index (χ0n) is 30.7. The third-order valence-corrected chi connectivity index (χ3v) is 9.31. The topological polar surface area (TPSA) is 76.9 Å². The largest absolute Gasteiger partial charge is 0.627 e. The number of rotatable bonds is 36. The molecule has 1 unspecified atom stereocenters. The fraction of sp³-hybridized carbons (Fsp3) is 0.949. The van der Waals surface area contributed by atoms with Crippen LogP contribution in [0.15, 0.2) is 0 Å². The van der Waals surface area contributed by atoms with Gasteiger partial charge in [-0.2, -0.15) is 0 Å². The molecule has 2 N–H and O–H groups in total. The van der Waals surface area contributed by atoms with Gasteiger partial charge in [-0.3, -0.25) is 4.79 Å². The standard InChI is InChI=1S/C39H79N3O3/c1-4-6-8-10-12-14-16-18-20-22-24-26-28-32-38(43)40-34-30-35-41(3)36-31-37-42(45)39(44)33-29-27-25-23-21-19-17-15-13-11-9-7-5-2/h42H,4-37H2,1-3H3,(H,40,43). The van der Waals surface area contributed by atoms with Crippen LogP contribution >= 0.6 is 0 Å². The summed E-state index contributed by atoms with van der Waals surface area (Å²) in [7, 11) is 2.05. The Bertz CT molecular complexity index is 631. The first-order valence-electron chi connectivity index (χ1n) is 20.0. The number of unbranched alkanes of at least 4 members (excludes halogenated alkanes) is 24. The van der Waals surface area contributed by atoms with E-state index >= 15 is 0 Å². The predicted octanol–water partition coefficient (Wildman–Crippen LogP) is 9.69. The van der Waals surface area contributed by atoms with E-state index < -0.39 is 0 Å². The molecule has 0 saturated carbocycles. The van der Waals surface area contributed by atoms with Crippen molar-refractivity contribution in [3.63, 3.8) is 0 Å². The molecular weight excluding hydrogens is 558 g/mol. The van der Waals surface area contributed by atoms with E-state index in [9.17, 15) is 14.8 Å². The van der Waals surface area contributed by atoms with Crippen LogP contribution in [0.2, 0.25) is 0 Å². The van der Waals surface area contributed by atoms with Crippen LogP contribution in [0, 0.1) is 5.21 Å². The van der Waals surface area contributed by atoms with Crippen molar-refractivity contribution < 1.29 is 14.7 Å². The van der Waals surface area contributed by atoms with Crippen molar-refractivity contribution in [2.75, 3.05) is 33.2 Å². The van der Waals surface area contributed by atoms with Crippen LogP contribution in [-0.4, -0.2) is 49.9 Å². The second kappa shape index (κ2) is 35.9. The number of carbonyl (C=O) groups excluding carboxylic acids is 2. The number of nitrogens with one attached hydrogen (secondary N) is 2. The van der Waals surface area contributed by atoms with Crippen LogP contribution < -0.4 is 10.4 Å². The lowest BCUT2D eigenvalue weighted by molar-refractivity contribution is -0.765. The van der Waals surface area contributed by atoms with Gasteiger partial charge in [0.05, 0.1) is 13.0 Å². The molecule has 0 aromatic carbocycles. The molecule has 6 nitrogen and oxygen atoms in total. The Balaban J connectivity index is 3.47. The molecule has 0 radical (unpaired) electrons. The summed E-state index contributed by atoms with van der Waals surface area (Å²) in [6.07, 6.45) is 36.5. The number of carbonyl (C=O) groups is 2. The van der Waals surface area contributed by atoms with Crippen LogP contribution in [0.3, 0.4) is 0 Å². The van der Waals surface area contributed by atoms with Crippen molar-refractivity contribution in [2.24, 2.45) is 0 Å². The third-order valence-electron chi connectivity index (χ3n) is 9.31. The van der Waals surface area contributed by atoms with Gasteiger partial charge in [0.15, 0.2) is 0 Å². The minimum Gasteiger partial charge on any atom is -0.627 e. The highest BCUT2D eigenvalue weighted by atomic mass is 16.5. The summed E-state index contributed by atoms with van der Waals surface area (Å²) in [6.45, 7) is 7.30. The van der Waals surface area contributed by atoms with Gasteiger partial charge in [0, 0.05) is 25.9 Å². The summed E-state index contributed by atoms with van der Waals surface area (Å²) >= 11 is 0. The second-order valence-electron chi connectivity index (χ2n) is 13.9. The molecule has 1 atom stereocenters. The van der Waals surface area contributed by atoms with Crippen LogP contribution in [0.5, 0.6) is 0 Å². The van der Waals surface area contributed by atoms with Crippen LogP contribution in [0.25, 0.3) is 0 Å². The normalized spacial score (nSPS) is 12.2. The maximum absolute atomic E-state index is 12.2. The third kappa shape index (κ3) is 34.2. The van der Waals surface area contributed by atoms with Gasteiger partial charge in [0.2, 0.25) is 5.91 Å². The highest BCUT2D eigenvalue weighted by Gasteiger charge is 2.11. The molecule has 0 saturated heterocycles. The maximum Gasteiger partial charge on any atom is 0.312 e. The number of hydroxylamine groups is 2. The lowest BCUT2D eigenvalue weighted by Gasteiger charge is -2.22. The Morgan fingerprint density at radius 2 is 0.867 bits per heavy atom. The summed E-state index contributed by atoms with van der Waals surface area (Å²) in [4.78, 5) is 26.5. The summed E-state index contributed by atoms with van der Waals surface area (Å²) in [6, 6.07) is 0. The first-order chi connectivity index (χ1) is 22.0. The van der Waals surface area contributed by atoms with E-state index in [0.717, 1.165) is 51.6 Å². The first kappa shape index (κ1) is 44.0. The molecule has 6 heteroatoms. The van der Waals surface area contributed by atoms with Crippen molar-refractivity contribution in [3.8, 4) is 0 Å². The number of quaternary nitrogens is 1. The van der Waals surface area contributed by atoms with Crippen molar-refractivity contribution in [3.05, 3.63) is 5.21 Å². The molecule has 0 aliphatic rings. The molecule has 0 heterocycles. The fourth-order valence-electron chi connectivity index (χ4n) is 6.17. The van der Waals surface area contributed by atoms with E-state index in [1.807, 2.05) is 0 Å². The minimum absolute atomic E-state index is 0.174. The maximum atomic E-state index is 12.2. The number of hydrogen-bond donors (Lipinski definition) is 2. The Hall–Kier alpha value is -0.980. The second-order valence-corrected chi connectivity index (χ2v) is 13.9. The number of nitrogens with zero attached hydrogens (tertiary/aromatic N) is 1. The minimum atomic E-state index is -0.192. The first-order valence-corrected chi connectivity index (χ1v) is 20.0. The Morgan fingerprint density at radius 3 is 1.29 bits per heavy atom. The lowest BCUT2D eigenvalue weighted by atomic mass is 10.0. The summed E-state index contributed by atoms with van der Waals surface area (Å²) < 4.78 is 0. The van der Waals surface area contributed by atoms with Gasteiger partial charge < -0.3 is 20.5 Å². The fourth-order valence-corrected chi connectivity index (χ4v) is 6.17. The van der Waals surface area contributed by atoms with Gasteiger partial charge in [-0.25, -0.2) is 4.79 Å². The highest BCUT2D eigenvalue weighted by molar-refractivity contribution is 5.75. The Labute approximate surface area is 281 Å². The summed E-state index contributed by atoms with van der Waals surface area (Å²) in [5.41, 5.74) is 0. The molecule has 0 aliphatic heterocycles. The number of amides is 2. The molecule has 268 valence electrons. The molecule has 2 amide bonds. The van der Waals surface area contributed by atoms with E-state index in [1.54, 1.807) is 0 Å². The van der Waals surface area contributed by atoms with Crippen LogP contribution in [-0.2, 0) is 9.59 Å². The quantitative estimate of drug-likeness (QED) is 0.0530. The van der Waals surface area contributed by atoms with Crippen LogP contribution in [0.4, 0.5) is 0 Å². The average molecular weight is 638 g/mol. The van der Waals surface area contributed by atoms with Gasteiger partial charge in [0.25, 0.3) is 0 Å². The molecule has 0 aromatic rings. The van der Waals surface area contributed by atoms with Gasteiger partial charge in [-0.05, 0) is 32.9 Å². The average Bonchev–Trinajstić information content (AvgIpc) is 3.03. The molecule has 0 spiro atoms. The lowest BCUT2D eigenvalue weighted by Crippen LogP contribution is -3.10. The molecule has 45 heavy (non-hydrogen) atoms. The summed E-state index contributed by atoms with van der Waals surface area (Å²) in [5.74, 6) is 0.000249. The van der Waals surface area contributed by atoms with Gasteiger partial charge in [0.1, 0.15) is 0 Å². The van der Waals surface area contributed by atoms with Crippen molar-refractivity contribution in [1.29, 1.82) is 0 Å². The molecule has 0 aromatic heterocycles. The molecule has 0 rings (SSSR count). The number of hydrogen-bond acceptors (Lipinski definition) is 4. The van der Waals surface area contributed by atoms with E-state index in [-0.39, 0.29) is 16.9 Å². The highest BCUT2D eigenvalue weighted by Crippen LogP contribution is 2.14. The Morgan fingerprint density at radius 1 is 0.511 bits per heavy atom.